The molecular formula is C24H34FN7. The molecule has 2 aromatic heterocycles. The fourth-order valence-corrected chi connectivity index (χ4v) is 4.32. The van der Waals surface area contributed by atoms with Crippen molar-refractivity contribution in [2.24, 2.45) is 0 Å². The maximum Gasteiger partial charge on any atom is 0.154 e. The number of rotatable bonds is 7. The molecule has 7 nitrogen and oxygen atoms in total. The van der Waals surface area contributed by atoms with Gasteiger partial charge in [-0.05, 0) is 45.5 Å². The maximum atomic E-state index is 15.1. The number of nitrogens with zero attached hydrogens (tertiary/aromatic N) is 5. The Morgan fingerprint density at radius 3 is 2.81 bits per heavy atom. The monoisotopic (exact) mass is 439 g/mol. The summed E-state index contributed by atoms with van der Waals surface area (Å²) >= 11 is 0. The van der Waals surface area contributed by atoms with Gasteiger partial charge < -0.3 is 20.4 Å². The molecule has 4 heterocycles. The highest BCUT2D eigenvalue weighted by Gasteiger charge is 2.31. The Labute approximate surface area is 189 Å². The Hall–Kier alpha value is -2.58. The van der Waals surface area contributed by atoms with Crippen LogP contribution in [0.3, 0.4) is 0 Å². The van der Waals surface area contributed by atoms with E-state index >= 15 is 4.39 Å². The Balaban J connectivity index is 1.47. The molecule has 0 aliphatic carbocycles. The fourth-order valence-electron chi connectivity index (χ4n) is 4.32. The second kappa shape index (κ2) is 10.4. The predicted molar refractivity (Wildman–Crippen MR) is 127 cm³/mol. The summed E-state index contributed by atoms with van der Waals surface area (Å²) in [4.78, 5) is 18.4. The van der Waals surface area contributed by atoms with E-state index in [1.165, 1.54) is 5.70 Å². The van der Waals surface area contributed by atoms with Crippen LogP contribution in [0, 0.1) is 0 Å². The Morgan fingerprint density at radius 1 is 1.25 bits per heavy atom. The minimum atomic E-state index is -1.27. The normalized spacial score (nSPS) is 23.2. The molecule has 2 saturated heterocycles. The molecule has 0 spiro atoms. The zero-order valence-corrected chi connectivity index (χ0v) is 19.1. The molecule has 0 bridgehead atoms. The SMILES string of the molecule is C/C=C(\C=C/Cc1cc2nccnc2c(NCC2(F)CCCNC2)n1)N1CCN(C)CC1. The van der Waals surface area contributed by atoms with Crippen molar-refractivity contribution in [1.29, 1.82) is 0 Å². The number of hydrogen-bond donors (Lipinski definition) is 2. The van der Waals surface area contributed by atoms with Crippen LogP contribution in [0.4, 0.5) is 10.2 Å². The molecule has 1 unspecified atom stereocenters. The van der Waals surface area contributed by atoms with E-state index in [4.69, 9.17) is 4.98 Å². The average Bonchev–Trinajstić information content (AvgIpc) is 2.81. The van der Waals surface area contributed by atoms with Gasteiger partial charge in [-0.15, -0.1) is 0 Å². The van der Waals surface area contributed by atoms with Crippen LogP contribution >= 0.6 is 0 Å². The minimum Gasteiger partial charge on any atom is -0.369 e. The van der Waals surface area contributed by atoms with E-state index in [9.17, 15) is 0 Å². The van der Waals surface area contributed by atoms with Gasteiger partial charge in [0.25, 0.3) is 0 Å². The van der Waals surface area contributed by atoms with E-state index in [0.29, 0.717) is 30.7 Å². The number of piperidine rings is 1. The van der Waals surface area contributed by atoms with Crippen LogP contribution in [0.5, 0.6) is 0 Å². The van der Waals surface area contributed by atoms with Crippen LogP contribution in [0.15, 0.2) is 42.4 Å². The van der Waals surface area contributed by atoms with E-state index in [0.717, 1.165) is 50.4 Å². The summed E-state index contributed by atoms with van der Waals surface area (Å²) in [5.74, 6) is 0.604. The molecule has 2 fully saturated rings. The van der Waals surface area contributed by atoms with Gasteiger partial charge in [-0.25, -0.2) is 14.4 Å². The van der Waals surface area contributed by atoms with Crippen molar-refractivity contribution in [1.82, 2.24) is 30.1 Å². The third-order valence-electron chi connectivity index (χ3n) is 6.28. The minimum absolute atomic E-state index is 0.212. The number of likely N-dealkylation sites (N-methyl/N-ethyl adjacent to an activating group) is 1. The van der Waals surface area contributed by atoms with Crippen LogP contribution < -0.4 is 10.6 Å². The molecule has 2 N–H and O–H groups in total. The summed E-state index contributed by atoms with van der Waals surface area (Å²) in [5.41, 5.74) is 2.31. The predicted octanol–water partition coefficient (Wildman–Crippen LogP) is 2.78. The van der Waals surface area contributed by atoms with Gasteiger partial charge in [-0.1, -0.05) is 12.2 Å². The van der Waals surface area contributed by atoms with E-state index in [2.05, 4.69) is 62.6 Å². The summed E-state index contributed by atoms with van der Waals surface area (Å²) < 4.78 is 15.1. The second-order valence-electron chi connectivity index (χ2n) is 8.78. The van der Waals surface area contributed by atoms with Gasteiger partial charge in [-0.2, -0.15) is 0 Å². The van der Waals surface area contributed by atoms with Crippen LogP contribution in [0.25, 0.3) is 11.0 Å². The molecule has 0 aromatic carbocycles. The molecule has 8 heteroatoms. The number of hydrogen-bond acceptors (Lipinski definition) is 7. The van der Waals surface area contributed by atoms with Crippen molar-refractivity contribution >= 4 is 16.9 Å². The highest BCUT2D eigenvalue weighted by atomic mass is 19.1. The number of pyridine rings is 1. The topological polar surface area (TPSA) is 69.2 Å². The standard InChI is InChI=1S/C24H34FN7/c1-3-20(32-14-12-31(2)13-15-32)7-4-6-19-16-21-22(28-11-10-27-21)23(30-19)29-18-24(25)8-5-9-26-17-24/h3-4,7,10-11,16,26H,5-6,8-9,12-15,17-18H2,1-2H3,(H,29,30)/b7-4-,20-3+. The number of halogens is 1. The second-order valence-corrected chi connectivity index (χ2v) is 8.78. The Kier molecular flexibility index (Phi) is 7.32. The van der Waals surface area contributed by atoms with Crippen molar-refractivity contribution < 1.29 is 4.39 Å². The average molecular weight is 440 g/mol. The summed E-state index contributed by atoms with van der Waals surface area (Å²) in [5, 5.41) is 6.38. The maximum absolute atomic E-state index is 15.1. The van der Waals surface area contributed by atoms with Crippen molar-refractivity contribution in [3.63, 3.8) is 0 Å². The number of piperazine rings is 1. The number of anilines is 1. The van der Waals surface area contributed by atoms with Crippen LogP contribution in [0.2, 0.25) is 0 Å². The third kappa shape index (κ3) is 5.61. The number of allylic oxidation sites excluding steroid dienone is 3. The van der Waals surface area contributed by atoms with E-state index in [-0.39, 0.29) is 6.54 Å². The molecule has 0 radical (unpaired) electrons. The van der Waals surface area contributed by atoms with Crippen molar-refractivity contribution in [2.45, 2.75) is 31.9 Å². The van der Waals surface area contributed by atoms with Gasteiger partial charge in [0.1, 0.15) is 11.2 Å². The van der Waals surface area contributed by atoms with Crippen LogP contribution in [-0.2, 0) is 6.42 Å². The van der Waals surface area contributed by atoms with E-state index in [1.807, 2.05) is 6.07 Å². The first-order valence-corrected chi connectivity index (χ1v) is 11.6. The van der Waals surface area contributed by atoms with Crippen LogP contribution in [-0.4, -0.2) is 83.3 Å². The number of aromatic nitrogens is 3. The molecule has 2 aliphatic heterocycles. The van der Waals surface area contributed by atoms with Gasteiger partial charge in [0, 0.05) is 62.9 Å². The molecule has 4 rings (SSSR count). The smallest absolute Gasteiger partial charge is 0.154 e. The Morgan fingerprint density at radius 2 is 2.06 bits per heavy atom. The highest BCUT2D eigenvalue weighted by molar-refractivity contribution is 5.85. The van der Waals surface area contributed by atoms with E-state index in [1.54, 1.807) is 12.4 Å². The van der Waals surface area contributed by atoms with Gasteiger partial charge in [0.15, 0.2) is 5.82 Å². The molecule has 0 saturated carbocycles. The quantitative estimate of drug-likeness (QED) is 0.643. The largest absolute Gasteiger partial charge is 0.369 e. The summed E-state index contributed by atoms with van der Waals surface area (Å²) in [6.07, 6.45) is 11.9. The lowest BCUT2D eigenvalue weighted by atomic mass is 9.96. The molecule has 32 heavy (non-hydrogen) atoms. The van der Waals surface area contributed by atoms with Gasteiger partial charge >= 0.3 is 0 Å². The van der Waals surface area contributed by atoms with Crippen LogP contribution in [0.1, 0.15) is 25.5 Å². The van der Waals surface area contributed by atoms with Crippen molar-refractivity contribution in [2.75, 3.05) is 58.2 Å². The van der Waals surface area contributed by atoms with Crippen molar-refractivity contribution in [3.05, 3.63) is 48.1 Å². The number of alkyl halides is 1. The van der Waals surface area contributed by atoms with Gasteiger partial charge in [0.05, 0.1) is 12.1 Å². The molecule has 2 aromatic rings. The number of fused-ring (bicyclic) bond motifs is 1. The molecule has 0 amide bonds. The number of nitrogens with one attached hydrogen (secondary N) is 2. The van der Waals surface area contributed by atoms with Crippen molar-refractivity contribution in [3.8, 4) is 0 Å². The van der Waals surface area contributed by atoms with Gasteiger partial charge in [-0.3, -0.25) is 4.98 Å². The zero-order chi connectivity index (χ0) is 22.4. The van der Waals surface area contributed by atoms with Gasteiger partial charge in [0.2, 0.25) is 0 Å². The Bertz CT molecular complexity index is 960. The lowest BCUT2D eigenvalue weighted by Crippen LogP contribution is -2.46. The zero-order valence-electron chi connectivity index (χ0n) is 19.1. The lowest BCUT2D eigenvalue weighted by Gasteiger charge is -2.34. The first kappa shape index (κ1) is 22.6. The summed E-state index contributed by atoms with van der Waals surface area (Å²) in [6.45, 7) is 7.78. The summed E-state index contributed by atoms with van der Waals surface area (Å²) in [6, 6.07) is 1.97. The highest BCUT2D eigenvalue weighted by Crippen LogP contribution is 2.24. The van der Waals surface area contributed by atoms with E-state index < -0.39 is 5.67 Å². The third-order valence-corrected chi connectivity index (χ3v) is 6.28. The fraction of sp³-hybridized carbons (Fsp3) is 0.542. The lowest BCUT2D eigenvalue weighted by molar-refractivity contribution is 0.137. The first-order chi connectivity index (χ1) is 15.6. The first-order valence-electron chi connectivity index (χ1n) is 11.6. The molecular weight excluding hydrogens is 405 g/mol. The summed E-state index contributed by atoms with van der Waals surface area (Å²) in [7, 11) is 2.16. The molecule has 1 atom stereocenters. The molecule has 2 aliphatic rings. The molecule has 172 valence electrons.